The highest BCUT2D eigenvalue weighted by molar-refractivity contribution is 7.12. The monoisotopic (exact) mass is 207 g/mol. The van der Waals surface area contributed by atoms with Gasteiger partial charge in [0.1, 0.15) is 10.7 Å². The highest BCUT2D eigenvalue weighted by Gasteiger charge is 2.20. The Morgan fingerprint density at radius 2 is 1.93 bits per heavy atom. The van der Waals surface area contributed by atoms with E-state index in [0.29, 0.717) is 0 Å². The Hall–Kier alpha value is -1.03. The van der Waals surface area contributed by atoms with Crippen molar-refractivity contribution in [2.75, 3.05) is 0 Å². The van der Waals surface area contributed by atoms with E-state index in [1.165, 1.54) is 11.5 Å². The second kappa shape index (κ2) is 2.98. The molecule has 0 saturated heterocycles. The van der Waals surface area contributed by atoms with Crippen molar-refractivity contribution in [3.63, 3.8) is 0 Å². The SMILES string of the molecule is Cc1nc(C(C)(C)C)c2cnsc2n1. The third-order valence-electron chi connectivity index (χ3n) is 2.05. The summed E-state index contributed by atoms with van der Waals surface area (Å²) in [5, 5.41) is 1.09. The van der Waals surface area contributed by atoms with Crippen molar-refractivity contribution in [3.05, 3.63) is 17.7 Å². The Bertz CT molecular complexity index is 468. The summed E-state index contributed by atoms with van der Waals surface area (Å²) >= 11 is 1.43. The molecule has 0 fully saturated rings. The van der Waals surface area contributed by atoms with Crippen LogP contribution in [0.25, 0.3) is 10.2 Å². The molecule has 0 saturated carbocycles. The van der Waals surface area contributed by atoms with Crippen LogP contribution in [0.4, 0.5) is 0 Å². The first kappa shape index (κ1) is 9.52. The largest absolute Gasteiger partial charge is 0.237 e. The predicted octanol–water partition coefficient (Wildman–Crippen LogP) is 2.69. The van der Waals surface area contributed by atoms with E-state index < -0.39 is 0 Å². The molecule has 0 aliphatic carbocycles. The fourth-order valence-electron chi connectivity index (χ4n) is 1.44. The molecule has 74 valence electrons. The van der Waals surface area contributed by atoms with Crippen LogP contribution in [0.1, 0.15) is 32.3 Å². The lowest BCUT2D eigenvalue weighted by Gasteiger charge is -2.18. The fourth-order valence-corrected chi connectivity index (χ4v) is 2.12. The van der Waals surface area contributed by atoms with E-state index in [1.54, 1.807) is 0 Å². The van der Waals surface area contributed by atoms with E-state index in [2.05, 4.69) is 35.1 Å². The van der Waals surface area contributed by atoms with E-state index >= 15 is 0 Å². The first-order valence-corrected chi connectivity index (χ1v) is 5.35. The van der Waals surface area contributed by atoms with Crippen molar-refractivity contribution in [3.8, 4) is 0 Å². The van der Waals surface area contributed by atoms with Gasteiger partial charge in [0.15, 0.2) is 0 Å². The zero-order valence-electron chi connectivity index (χ0n) is 8.83. The van der Waals surface area contributed by atoms with Crippen LogP contribution in [0.15, 0.2) is 6.20 Å². The Kier molecular flexibility index (Phi) is 2.03. The van der Waals surface area contributed by atoms with E-state index in [-0.39, 0.29) is 5.41 Å². The van der Waals surface area contributed by atoms with Gasteiger partial charge < -0.3 is 0 Å². The average molecular weight is 207 g/mol. The summed E-state index contributed by atoms with van der Waals surface area (Å²) in [6.07, 6.45) is 1.86. The summed E-state index contributed by atoms with van der Waals surface area (Å²) in [5.41, 5.74) is 1.14. The number of hydrogen-bond donors (Lipinski definition) is 0. The summed E-state index contributed by atoms with van der Waals surface area (Å²) in [4.78, 5) is 9.84. The van der Waals surface area contributed by atoms with Crippen molar-refractivity contribution in [1.82, 2.24) is 14.3 Å². The molecule has 2 rings (SSSR count). The standard InChI is InChI=1S/C10H13N3S/c1-6-12-8(10(2,3)4)7-5-11-14-9(7)13-6/h5H,1-4H3. The lowest BCUT2D eigenvalue weighted by Crippen LogP contribution is -2.15. The van der Waals surface area contributed by atoms with Crippen molar-refractivity contribution in [1.29, 1.82) is 0 Å². The lowest BCUT2D eigenvalue weighted by molar-refractivity contribution is 0.572. The van der Waals surface area contributed by atoms with Gasteiger partial charge in [-0.15, -0.1) is 0 Å². The molecule has 4 heteroatoms. The molecule has 0 unspecified atom stereocenters. The maximum absolute atomic E-state index is 4.50. The van der Waals surface area contributed by atoms with Gasteiger partial charge in [-0.2, -0.15) is 4.37 Å². The van der Waals surface area contributed by atoms with Gasteiger partial charge in [-0.3, -0.25) is 0 Å². The molecule has 0 spiro atoms. The third-order valence-corrected chi connectivity index (χ3v) is 2.75. The second-order valence-electron chi connectivity index (χ2n) is 4.41. The van der Waals surface area contributed by atoms with Crippen molar-refractivity contribution in [2.45, 2.75) is 33.1 Å². The van der Waals surface area contributed by atoms with Gasteiger partial charge in [-0.25, -0.2) is 9.97 Å². The van der Waals surface area contributed by atoms with E-state index in [1.807, 2.05) is 13.1 Å². The molecule has 0 amide bonds. The summed E-state index contributed by atoms with van der Waals surface area (Å²) in [6, 6.07) is 0. The highest BCUT2D eigenvalue weighted by atomic mass is 32.1. The Morgan fingerprint density at radius 3 is 2.57 bits per heavy atom. The fraction of sp³-hybridized carbons (Fsp3) is 0.500. The summed E-state index contributed by atoms with van der Waals surface area (Å²) in [5.74, 6) is 0.826. The van der Waals surface area contributed by atoms with Crippen LogP contribution in [-0.2, 0) is 5.41 Å². The number of aromatic nitrogens is 3. The van der Waals surface area contributed by atoms with Crippen LogP contribution in [0.5, 0.6) is 0 Å². The number of hydrogen-bond acceptors (Lipinski definition) is 4. The van der Waals surface area contributed by atoms with Crippen LogP contribution in [-0.4, -0.2) is 14.3 Å². The number of aryl methyl sites for hydroxylation is 1. The highest BCUT2D eigenvalue weighted by Crippen LogP contribution is 2.28. The zero-order valence-corrected chi connectivity index (χ0v) is 9.64. The predicted molar refractivity (Wildman–Crippen MR) is 58.6 cm³/mol. The number of fused-ring (bicyclic) bond motifs is 1. The molecular weight excluding hydrogens is 194 g/mol. The summed E-state index contributed by atoms with van der Waals surface area (Å²) in [7, 11) is 0. The molecule has 2 aromatic rings. The maximum Gasteiger partial charge on any atom is 0.147 e. The van der Waals surface area contributed by atoms with Crippen LogP contribution in [0.2, 0.25) is 0 Å². The first-order chi connectivity index (χ1) is 6.48. The first-order valence-electron chi connectivity index (χ1n) is 4.58. The Labute approximate surface area is 87.4 Å². The molecular formula is C10H13N3S. The molecule has 0 atom stereocenters. The average Bonchev–Trinajstić information content (AvgIpc) is 2.47. The second-order valence-corrected chi connectivity index (χ2v) is 5.19. The van der Waals surface area contributed by atoms with Gasteiger partial charge >= 0.3 is 0 Å². The van der Waals surface area contributed by atoms with Gasteiger partial charge in [0.05, 0.1) is 17.3 Å². The van der Waals surface area contributed by atoms with Gasteiger partial charge in [0.2, 0.25) is 0 Å². The molecule has 0 N–H and O–H groups in total. The lowest BCUT2D eigenvalue weighted by atomic mass is 9.90. The van der Waals surface area contributed by atoms with Crippen LogP contribution in [0, 0.1) is 6.92 Å². The molecule has 2 heterocycles. The molecule has 0 aromatic carbocycles. The topological polar surface area (TPSA) is 38.7 Å². The molecule has 2 aromatic heterocycles. The summed E-state index contributed by atoms with van der Waals surface area (Å²) < 4.78 is 4.16. The molecule has 3 nitrogen and oxygen atoms in total. The van der Waals surface area contributed by atoms with Gasteiger partial charge in [0.25, 0.3) is 0 Å². The van der Waals surface area contributed by atoms with Gasteiger partial charge in [-0.05, 0) is 18.5 Å². The van der Waals surface area contributed by atoms with Crippen molar-refractivity contribution >= 4 is 21.7 Å². The molecule has 0 bridgehead atoms. The quantitative estimate of drug-likeness (QED) is 0.666. The zero-order chi connectivity index (χ0) is 10.3. The Balaban J connectivity index is 2.80. The molecule has 14 heavy (non-hydrogen) atoms. The minimum absolute atomic E-state index is 0.0503. The smallest absolute Gasteiger partial charge is 0.147 e. The van der Waals surface area contributed by atoms with Crippen molar-refractivity contribution < 1.29 is 0 Å². The van der Waals surface area contributed by atoms with Crippen molar-refractivity contribution in [2.24, 2.45) is 0 Å². The number of rotatable bonds is 0. The molecule has 0 aliphatic heterocycles. The Morgan fingerprint density at radius 1 is 1.21 bits per heavy atom. The van der Waals surface area contributed by atoms with Gasteiger partial charge in [-0.1, -0.05) is 20.8 Å². The summed E-state index contributed by atoms with van der Waals surface area (Å²) in [6.45, 7) is 8.40. The molecule has 0 aliphatic rings. The third kappa shape index (κ3) is 1.50. The van der Waals surface area contributed by atoms with Gasteiger partial charge in [0, 0.05) is 5.41 Å². The van der Waals surface area contributed by atoms with E-state index in [4.69, 9.17) is 0 Å². The van der Waals surface area contributed by atoms with E-state index in [0.717, 1.165) is 21.7 Å². The molecule has 0 radical (unpaired) electrons. The number of nitrogens with zero attached hydrogens (tertiary/aromatic N) is 3. The normalized spacial score (nSPS) is 12.3. The van der Waals surface area contributed by atoms with Crippen LogP contribution in [0.3, 0.4) is 0 Å². The minimum Gasteiger partial charge on any atom is -0.237 e. The van der Waals surface area contributed by atoms with Crippen LogP contribution >= 0.6 is 11.5 Å². The minimum atomic E-state index is 0.0503. The maximum atomic E-state index is 4.50. The van der Waals surface area contributed by atoms with E-state index in [9.17, 15) is 0 Å². The van der Waals surface area contributed by atoms with Crippen LogP contribution < -0.4 is 0 Å².